The molecule has 0 aromatic carbocycles. The summed E-state index contributed by atoms with van der Waals surface area (Å²) < 4.78 is 5.69. The first-order valence-corrected chi connectivity index (χ1v) is 5.35. The lowest BCUT2D eigenvalue weighted by molar-refractivity contribution is 0.0166. The molecule has 72 valence electrons. The van der Waals surface area contributed by atoms with Gasteiger partial charge in [0.2, 0.25) is 0 Å². The Kier molecular flexibility index (Phi) is 2.36. The minimum atomic E-state index is -0.141. The van der Waals surface area contributed by atoms with Crippen LogP contribution in [-0.4, -0.2) is 11.6 Å². The second-order valence-corrected chi connectivity index (χ2v) is 4.63. The number of rotatable bonds is 2. The molecule has 0 radical (unpaired) electrons. The van der Waals surface area contributed by atoms with Crippen LogP contribution < -0.4 is 5.73 Å². The summed E-state index contributed by atoms with van der Waals surface area (Å²) in [5, 5.41) is 1.07. The number of aromatic nitrogens is 1. The van der Waals surface area contributed by atoms with Crippen LogP contribution in [0.5, 0.6) is 0 Å². The van der Waals surface area contributed by atoms with E-state index in [1.165, 1.54) is 0 Å². The molecule has 1 unspecified atom stereocenters. The van der Waals surface area contributed by atoms with Crippen molar-refractivity contribution < 1.29 is 4.74 Å². The van der Waals surface area contributed by atoms with E-state index in [0.717, 1.165) is 29.3 Å². The number of nitrogens with zero attached hydrogens (tertiary/aromatic N) is 1. The van der Waals surface area contributed by atoms with Gasteiger partial charge in [0.1, 0.15) is 10.6 Å². The van der Waals surface area contributed by atoms with Crippen molar-refractivity contribution in [2.24, 2.45) is 5.73 Å². The summed E-state index contributed by atoms with van der Waals surface area (Å²) in [6, 6.07) is 0. The summed E-state index contributed by atoms with van der Waals surface area (Å²) in [4.78, 5) is 5.49. The van der Waals surface area contributed by atoms with E-state index in [2.05, 4.69) is 11.9 Å². The lowest BCUT2D eigenvalue weighted by Gasteiger charge is -2.19. The number of hydrogen-bond acceptors (Lipinski definition) is 4. The summed E-state index contributed by atoms with van der Waals surface area (Å²) in [6.07, 6.45) is 4.06. The second kappa shape index (κ2) is 3.36. The molecule has 0 spiro atoms. The Morgan fingerprint density at radius 3 is 3.15 bits per heavy atom. The van der Waals surface area contributed by atoms with Gasteiger partial charge in [0.15, 0.2) is 0 Å². The molecule has 2 rings (SSSR count). The summed E-state index contributed by atoms with van der Waals surface area (Å²) in [5.74, 6) is 0. The van der Waals surface area contributed by atoms with Crippen LogP contribution in [0.3, 0.4) is 0 Å². The Bertz CT molecular complexity index is 292. The van der Waals surface area contributed by atoms with Crippen molar-refractivity contribution in [3.8, 4) is 0 Å². The third kappa shape index (κ3) is 1.61. The second-order valence-electron chi connectivity index (χ2n) is 3.52. The fourth-order valence-corrected chi connectivity index (χ4v) is 2.51. The average Bonchev–Trinajstić information content (AvgIpc) is 2.72. The van der Waals surface area contributed by atoms with Crippen LogP contribution in [-0.2, 0) is 16.9 Å². The maximum Gasteiger partial charge on any atom is 0.125 e. The molecule has 0 aliphatic carbocycles. The SMILES string of the molecule is CC1(c2ncc(CN)s2)CCCO1. The number of thiazole rings is 1. The molecule has 1 saturated heterocycles. The van der Waals surface area contributed by atoms with Gasteiger partial charge in [-0.05, 0) is 19.8 Å². The van der Waals surface area contributed by atoms with Gasteiger partial charge in [0.05, 0.1) is 0 Å². The largest absolute Gasteiger partial charge is 0.368 e. The number of ether oxygens (including phenoxy) is 1. The Balaban J connectivity index is 2.23. The zero-order valence-corrected chi connectivity index (χ0v) is 8.56. The van der Waals surface area contributed by atoms with Gasteiger partial charge in [-0.2, -0.15) is 0 Å². The van der Waals surface area contributed by atoms with Crippen molar-refractivity contribution in [3.63, 3.8) is 0 Å². The van der Waals surface area contributed by atoms with E-state index in [0.29, 0.717) is 6.54 Å². The van der Waals surface area contributed by atoms with Gasteiger partial charge in [-0.3, -0.25) is 0 Å². The van der Waals surface area contributed by atoms with Crippen LogP contribution in [0, 0.1) is 0 Å². The molecule has 0 bridgehead atoms. The molecule has 3 nitrogen and oxygen atoms in total. The van der Waals surface area contributed by atoms with Gasteiger partial charge < -0.3 is 10.5 Å². The highest BCUT2D eigenvalue weighted by Gasteiger charge is 2.34. The third-order valence-electron chi connectivity index (χ3n) is 2.43. The van der Waals surface area contributed by atoms with Crippen LogP contribution in [0.4, 0.5) is 0 Å². The molecule has 4 heteroatoms. The molecule has 1 aliphatic rings. The quantitative estimate of drug-likeness (QED) is 0.785. The van der Waals surface area contributed by atoms with E-state index in [-0.39, 0.29) is 5.60 Å². The van der Waals surface area contributed by atoms with Gasteiger partial charge in [-0.15, -0.1) is 11.3 Å². The molecule has 1 fully saturated rings. The van der Waals surface area contributed by atoms with Crippen molar-refractivity contribution in [1.29, 1.82) is 0 Å². The molecule has 0 saturated carbocycles. The van der Waals surface area contributed by atoms with Gasteiger partial charge >= 0.3 is 0 Å². The molecular weight excluding hydrogens is 184 g/mol. The molecule has 1 aliphatic heterocycles. The molecule has 2 N–H and O–H groups in total. The Morgan fingerprint density at radius 1 is 1.77 bits per heavy atom. The van der Waals surface area contributed by atoms with Crippen molar-refractivity contribution in [3.05, 3.63) is 16.1 Å². The van der Waals surface area contributed by atoms with Crippen molar-refractivity contribution in [2.45, 2.75) is 31.9 Å². The first-order valence-electron chi connectivity index (χ1n) is 4.54. The van der Waals surface area contributed by atoms with Crippen LogP contribution in [0.1, 0.15) is 29.7 Å². The average molecular weight is 198 g/mol. The number of nitrogens with two attached hydrogens (primary N) is 1. The zero-order chi connectivity index (χ0) is 9.31. The molecule has 1 atom stereocenters. The van der Waals surface area contributed by atoms with Gasteiger partial charge in [-0.1, -0.05) is 0 Å². The van der Waals surface area contributed by atoms with Gasteiger partial charge in [0, 0.05) is 24.2 Å². The fourth-order valence-electron chi connectivity index (χ4n) is 1.59. The highest BCUT2D eigenvalue weighted by Crippen LogP contribution is 2.37. The molecule has 0 amide bonds. The Labute approximate surface area is 81.9 Å². The van der Waals surface area contributed by atoms with E-state index in [9.17, 15) is 0 Å². The number of hydrogen-bond donors (Lipinski definition) is 1. The van der Waals surface area contributed by atoms with Crippen LogP contribution in [0.15, 0.2) is 6.20 Å². The Morgan fingerprint density at radius 2 is 2.62 bits per heavy atom. The Hall–Kier alpha value is -0.450. The van der Waals surface area contributed by atoms with Crippen LogP contribution in [0.25, 0.3) is 0 Å². The first kappa shape index (κ1) is 9.12. The molecule has 13 heavy (non-hydrogen) atoms. The molecule has 1 aromatic rings. The molecule has 2 heterocycles. The summed E-state index contributed by atoms with van der Waals surface area (Å²) in [6.45, 7) is 3.54. The van der Waals surface area contributed by atoms with E-state index < -0.39 is 0 Å². The standard InChI is InChI=1S/C9H14N2OS/c1-9(3-2-4-12-9)8-11-6-7(5-10)13-8/h6H,2-5,10H2,1H3. The minimum absolute atomic E-state index is 0.141. The van der Waals surface area contributed by atoms with Crippen LogP contribution in [0.2, 0.25) is 0 Å². The fraction of sp³-hybridized carbons (Fsp3) is 0.667. The maximum atomic E-state index is 5.69. The third-order valence-corrected chi connectivity index (χ3v) is 3.69. The predicted molar refractivity (Wildman–Crippen MR) is 52.5 cm³/mol. The highest BCUT2D eigenvalue weighted by atomic mass is 32.1. The van der Waals surface area contributed by atoms with E-state index in [1.807, 2.05) is 6.20 Å². The monoisotopic (exact) mass is 198 g/mol. The van der Waals surface area contributed by atoms with E-state index in [4.69, 9.17) is 10.5 Å². The smallest absolute Gasteiger partial charge is 0.125 e. The first-order chi connectivity index (χ1) is 6.24. The van der Waals surface area contributed by atoms with Crippen molar-refractivity contribution in [2.75, 3.05) is 6.61 Å². The summed E-state index contributed by atoms with van der Waals surface area (Å²) in [5.41, 5.74) is 5.39. The van der Waals surface area contributed by atoms with Crippen molar-refractivity contribution >= 4 is 11.3 Å². The van der Waals surface area contributed by atoms with Crippen LogP contribution >= 0.6 is 11.3 Å². The summed E-state index contributed by atoms with van der Waals surface area (Å²) >= 11 is 1.67. The van der Waals surface area contributed by atoms with Gasteiger partial charge in [0.25, 0.3) is 0 Å². The summed E-state index contributed by atoms with van der Waals surface area (Å²) in [7, 11) is 0. The normalized spacial score (nSPS) is 28.2. The maximum absolute atomic E-state index is 5.69. The minimum Gasteiger partial charge on any atom is -0.368 e. The van der Waals surface area contributed by atoms with E-state index in [1.54, 1.807) is 11.3 Å². The lowest BCUT2D eigenvalue weighted by Crippen LogP contribution is -2.19. The van der Waals surface area contributed by atoms with Crippen molar-refractivity contribution in [1.82, 2.24) is 4.98 Å². The van der Waals surface area contributed by atoms with E-state index >= 15 is 0 Å². The highest BCUT2D eigenvalue weighted by molar-refractivity contribution is 7.11. The van der Waals surface area contributed by atoms with Gasteiger partial charge in [-0.25, -0.2) is 4.98 Å². The predicted octanol–water partition coefficient (Wildman–Crippen LogP) is 1.63. The zero-order valence-electron chi connectivity index (χ0n) is 7.75. The molecular formula is C9H14N2OS. The lowest BCUT2D eigenvalue weighted by atomic mass is 10.0. The topological polar surface area (TPSA) is 48.1 Å². The molecule has 1 aromatic heterocycles.